The zero-order valence-corrected chi connectivity index (χ0v) is 7.32. The first kappa shape index (κ1) is 9.54. The highest BCUT2D eigenvalue weighted by Gasteiger charge is 2.08. The van der Waals surface area contributed by atoms with Crippen LogP contribution in [0.2, 0.25) is 0 Å². The van der Waals surface area contributed by atoms with Crippen LogP contribution in [0, 0.1) is 0 Å². The molecule has 1 atom stereocenters. The van der Waals surface area contributed by atoms with E-state index in [2.05, 4.69) is 5.32 Å². The summed E-state index contributed by atoms with van der Waals surface area (Å²) < 4.78 is 0. The third-order valence-corrected chi connectivity index (χ3v) is 1.58. The molecule has 0 aliphatic rings. The number of amides is 1. The summed E-state index contributed by atoms with van der Waals surface area (Å²) in [7, 11) is 0. The molecule has 1 aromatic rings. The second-order valence-corrected chi connectivity index (χ2v) is 2.80. The minimum atomic E-state index is -0.584. The minimum absolute atomic E-state index is 0.0384. The highest BCUT2D eigenvalue weighted by atomic mass is 16.3. The number of anilines is 1. The fourth-order valence-corrected chi connectivity index (χ4v) is 0.826. The number of aromatic hydroxyl groups is 1. The van der Waals surface area contributed by atoms with E-state index >= 15 is 0 Å². The van der Waals surface area contributed by atoms with Crippen LogP contribution in [0.4, 0.5) is 5.69 Å². The fourth-order valence-electron chi connectivity index (χ4n) is 0.826. The lowest BCUT2D eigenvalue weighted by Crippen LogP contribution is -2.32. The Morgan fingerprint density at radius 1 is 1.54 bits per heavy atom. The predicted octanol–water partition coefficient (Wildman–Crippen LogP) is 0.678. The Morgan fingerprint density at radius 3 is 2.69 bits per heavy atom. The molecule has 0 radical (unpaired) electrons. The van der Waals surface area contributed by atoms with Crippen LogP contribution in [0.3, 0.4) is 0 Å². The van der Waals surface area contributed by atoms with Crippen molar-refractivity contribution < 1.29 is 9.90 Å². The van der Waals surface area contributed by atoms with Gasteiger partial charge in [-0.2, -0.15) is 0 Å². The Labute approximate surface area is 76.4 Å². The smallest absolute Gasteiger partial charge is 0.241 e. The molecule has 0 spiro atoms. The Kier molecular flexibility index (Phi) is 2.87. The molecule has 1 aromatic carbocycles. The van der Waals surface area contributed by atoms with Crippen molar-refractivity contribution in [1.82, 2.24) is 0 Å². The largest absolute Gasteiger partial charge is 0.506 e. The van der Waals surface area contributed by atoms with Gasteiger partial charge in [0.2, 0.25) is 5.91 Å². The molecule has 4 N–H and O–H groups in total. The van der Waals surface area contributed by atoms with E-state index in [-0.39, 0.29) is 11.7 Å². The second-order valence-electron chi connectivity index (χ2n) is 2.80. The molecule has 0 aliphatic carbocycles. The van der Waals surface area contributed by atoms with Crippen molar-refractivity contribution in [2.24, 2.45) is 5.73 Å². The lowest BCUT2D eigenvalue weighted by atomic mass is 10.2. The summed E-state index contributed by atoms with van der Waals surface area (Å²) >= 11 is 0. The van der Waals surface area contributed by atoms with Crippen molar-refractivity contribution >= 4 is 11.6 Å². The number of rotatable bonds is 2. The van der Waals surface area contributed by atoms with Crippen LogP contribution in [0.15, 0.2) is 24.3 Å². The van der Waals surface area contributed by atoms with Crippen molar-refractivity contribution in [1.29, 1.82) is 0 Å². The molecule has 0 heterocycles. The molecule has 0 saturated carbocycles. The minimum Gasteiger partial charge on any atom is -0.506 e. The summed E-state index contributed by atoms with van der Waals surface area (Å²) in [4.78, 5) is 11.1. The third-order valence-electron chi connectivity index (χ3n) is 1.58. The van der Waals surface area contributed by atoms with Crippen LogP contribution >= 0.6 is 0 Å². The summed E-state index contributed by atoms with van der Waals surface area (Å²) in [6.07, 6.45) is 0. The summed E-state index contributed by atoms with van der Waals surface area (Å²) in [5, 5.41) is 11.8. The van der Waals surface area contributed by atoms with Gasteiger partial charge in [0.15, 0.2) is 0 Å². The molecule has 0 fully saturated rings. The van der Waals surface area contributed by atoms with Gasteiger partial charge in [0.25, 0.3) is 0 Å². The maximum atomic E-state index is 11.1. The van der Waals surface area contributed by atoms with Crippen molar-refractivity contribution in [2.45, 2.75) is 13.0 Å². The first-order valence-corrected chi connectivity index (χ1v) is 3.95. The number of carbonyl (C=O) groups excluding carboxylic acids is 1. The van der Waals surface area contributed by atoms with Crippen molar-refractivity contribution in [3.63, 3.8) is 0 Å². The van der Waals surface area contributed by atoms with E-state index in [0.717, 1.165) is 0 Å². The first-order chi connectivity index (χ1) is 6.11. The van der Waals surface area contributed by atoms with E-state index in [0.29, 0.717) is 5.69 Å². The van der Waals surface area contributed by atoms with Gasteiger partial charge in [-0.15, -0.1) is 0 Å². The Bertz CT molecular complexity index is 310. The summed E-state index contributed by atoms with van der Waals surface area (Å²) in [6.45, 7) is 1.58. The summed E-state index contributed by atoms with van der Waals surface area (Å²) in [6, 6.07) is 5.92. The van der Waals surface area contributed by atoms with Gasteiger partial charge in [0, 0.05) is 0 Å². The lowest BCUT2D eigenvalue weighted by molar-refractivity contribution is -0.117. The predicted molar refractivity (Wildman–Crippen MR) is 50.4 cm³/mol. The number of nitrogens with one attached hydrogen (secondary N) is 1. The Morgan fingerprint density at radius 2 is 2.15 bits per heavy atom. The SMILES string of the molecule is C[C@@H](N)C(=O)Nc1ccccc1O. The maximum absolute atomic E-state index is 11.1. The molecule has 13 heavy (non-hydrogen) atoms. The number of nitrogens with two attached hydrogens (primary N) is 1. The van der Waals surface area contributed by atoms with Crippen molar-refractivity contribution in [3.8, 4) is 5.75 Å². The van der Waals surface area contributed by atoms with Gasteiger partial charge in [-0.05, 0) is 19.1 Å². The third kappa shape index (κ3) is 2.45. The number of carbonyl (C=O) groups is 1. The lowest BCUT2D eigenvalue weighted by Gasteiger charge is -2.08. The molecule has 4 nitrogen and oxygen atoms in total. The van der Waals surface area contributed by atoms with Crippen LogP contribution in [0.1, 0.15) is 6.92 Å². The second kappa shape index (κ2) is 3.91. The molecule has 1 rings (SSSR count). The van der Waals surface area contributed by atoms with Crippen LogP contribution in [0.25, 0.3) is 0 Å². The van der Waals surface area contributed by atoms with Crippen molar-refractivity contribution in [3.05, 3.63) is 24.3 Å². The van der Waals surface area contributed by atoms with Crippen molar-refractivity contribution in [2.75, 3.05) is 5.32 Å². The molecule has 0 aromatic heterocycles. The molecule has 70 valence electrons. The van der Waals surface area contributed by atoms with Gasteiger partial charge in [0.05, 0.1) is 11.7 Å². The van der Waals surface area contributed by atoms with Gasteiger partial charge in [-0.3, -0.25) is 4.79 Å². The molecular weight excluding hydrogens is 168 g/mol. The molecule has 0 unspecified atom stereocenters. The van der Waals surface area contributed by atoms with Crippen LogP contribution < -0.4 is 11.1 Å². The Hall–Kier alpha value is -1.55. The standard InChI is InChI=1S/C9H12N2O2/c1-6(10)9(13)11-7-4-2-3-5-8(7)12/h2-6,12H,10H2,1H3,(H,11,13)/t6-/m1/s1. The van der Waals surface area contributed by atoms with Gasteiger partial charge >= 0.3 is 0 Å². The van der Waals surface area contributed by atoms with Crippen LogP contribution in [-0.4, -0.2) is 17.1 Å². The molecule has 0 bridgehead atoms. The fraction of sp³-hybridized carbons (Fsp3) is 0.222. The summed E-state index contributed by atoms with van der Waals surface area (Å²) in [5.41, 5.74) is 5.72. The molecule has 4 heteroatoms. The summed E-state index contributed by atoms with van der Waals surface area (Å²) in [5.74, 6) is -0.280. The normalized spacial score (nSPS) is 12.2. The molecular formula is C9H12N2O2. The number of hydrogen-bond donors (Lipinski definition) is 3. The van der Waals surface area contributed by atoms with E-state index in [1.54, 1.807) is 25.1 Å². The van der Waals surface area contributed by atoms with E-state index in [9.17, 15) is 9.90 Å². The van der Waals surface area contributed by atoms with Crippen LogP contribution in [0.5, 0.6) is 5.75 Å². The molecule has 0 aliphatic heterocycles. The zero-order chi connectivity index (χ0) is 9.84. The number of benzene rings is 1. The van der Waals surface area contributed by atoms with E-state index in [1.165, 1.54) is 6.07 Å². The monoisotopic (exact) mass is 180 g/mol. The van der Waals surface area contributed by atoms with E-state index < -0.39 is 6.04 Å². The van der Waals surface area contributed by atoms with Gasteiger partial charge in [0.1, 0.15) is 5.75 Å². The quantitative estimate of drug-likeness (QED) is 0.586. The maximum Gasteiger partial charge on any atom is 0.241 e. The average molecular weight is 180 g/mol. The highest BCUT2D eigenvalue weighted by Crippen LogP contribution is 2.21. The Balaban J connectivity index is 2.75. The topological polar surface area (TPSA) is 75.4 Å². The average Bonchev–Trinajstić information content (AvgIpc) is 2.08. The van der Waals surface area contributed by atoms with Gasteiger partial charge < -0.3 is 16.2 Å². The number of para-hydroxylation sites is 2. The zero-order valence-electron chi connectivity index (χ0n) is 7.32. The van der Waals surface area contributed by atoms with E-state index in [1.807, 2.05) is 0 Å². The molecule has 1 amide bonds. The van der Waals surface area contributed by atoms with Crippen LogP contribution in [-0.2, 0) is 4.79 Å². The van der Waals surface area contributed by atoms with Gasteiger partial charge in [-0.25, -0.2) is 0 Å². The number of phenols is 1. The van der Waals surface area contributed by atoms with E-state index in [4.69, 9.17) is 5.73 Å². The molecule has 0 saturated heterocycles. The number of phenolic OH excluding ortho intramolecular Hbond substituents is 1. The number of hydrogen-bond acceptors (Lipinski definition) is 3. The first-order valence-electron chi connectivity index (χ1n) is 3.95. The highest BCUT2D eigenvalue weighted by molar-refractivity contribution is 5.95. The van der Waals surface area contributed by atoms with Gasteiger partial charge in [-0.1, -0.05) is 12.1 Å².